The molecule has 2 rings (SSSR count). The molecular formula is C9H12N2. The van der Waals surface area contributed by atoms with Gasteiger partial charge in [-0.05, 0) is 18.1 Å². The van der Waals surface area contributed by atoms with Crippen LogP contribution in [0.5, 0.6) is 0 Å². The van der Waals surface area contributed by atoms with E-state index in [1.54, 1.807) is 0 Å². The van der Waals surface area contributed by atoms with E-state index in [9.17, 15) is 0 Å². The van der Waals surface area contributed by atoms with Gasteiger partial charge in [0.1, 0.15) is 0 Å². The van der Waals surface area contributed by atoms with E-state index in [0.717, 1.165) is 13.1 Å². The van der Waals surface area contributed by atoms with Gasteiger partial charge in [-0.3, -0.25) is 4.98 Å². The monoisotopic (exact) mass is 148 g/mol. The molecule has 1 aliphatic heterocycles. The molecule has 1 N–H and O–H groups in total. The summed E-state index contributed by atoms with van der Waals surface area (Å²) in [6, 6.07) is 2.22. The van der Waals surface area contributed by atoms with Gasteiger partial charge in [0.25, 0.3) is 0 Å². The molecule has 0 saturated carbocycles. The Bertz CT molecular complexity index is 253. The van der Waals surface area contributed by atoms with Gasteiger partial charge in [-0.15, -0.1) is 0 Å². The first-order valence-electron chi connectivity index (χ1n) is 3.98. The minimum absolute atomic E-state index is 0.711. The van der Waals surface area contributed by atoms with Crippen molar-refractivity contribution >= 4 is 0 Å². The molecule has 0 bridgehead atoms. The highest BCUT2D eigenvalue weighted by Gasteiger charge is 2.18. The Labute approximate surface area is 66.7 Å². The van der Waals surface area contributed by atoms with Crippen molar-refractivity contribution in [3.05, 3.63) is 29.6 Å². The minimum Gasteiger partial charge on any atom is -0.315 e. The molecule has 58 valence electrons. The summed E-state index contributed by atoms with van der Waals surface area (Å²) in [6.45, 7) is 4.32. The third-order valence-electron chi connectivity index (χ3n) is 2.15. The fourth-order valence-electron chi connectivity index (χ4n) is 1.33. The lowest BCUT2D eigenvalue weighted by Crippen LogP contribution is -2.39. The van der Waals surface area contributed by atoms with Gasteiger partial charge in [0.2, 0.25) is 0 Å². The highest BCUT2D eigenvalue weighted by atomic mass is 14.9. The summed E-state index contributed by atoms with van der Waals surface area (Å²) in [7, 11) is 0. The van der Waals surface area contributed by atoms with Crippen molar-refractivity contribution in [1.29, 1.82) is 0 Å². The number of hydrogen-bond acceptors (Lipinski definition) is 2. The van der Waals surface area contributed by atoms with Gasteiger partial charge < -0.3 is 5.32 Å². The number of nitrogens with one attached hydrogen (secondary N) is 1. The van der Waals surface area contributed by atoms with Gasteiger partial charge >= 0.3 is 0 Å². The van der Waals surface area contributed by atoms with Crippen LogP contribution in [0, 0.1) is 6.92 Å². The number of rotatable bonds is 1. The Morgan fingerprint density at radius 1 is 1.45 bits per heavy atom. The molecule has 0 aromatic carbocycles. The molecule has 11 heavy (non-hydrogen) atoms. The van der Waals surface area contributed by atoms with Gasteiger partial charge in [0, 0.05) is 31.4 Å². The molecule has 0 unspecified atom stereocenters. The minimum atomic E-state index is 0.711. The van der Waals surface area contributed by atoms with Crippen molar-refractivity contribution < 1.29 is 0 Å². The van der Waals surface area contributed by atoms with Gasteiger partial charge in [0.05, 0.1) is 0 Å². The number of hydrogen-bond donors (Lipinski definition) is 1. The van der Waals surface area contributed by atoms with Crippen LogP contribution in [0.1, 0.15) is 17.0 Å². The van der Waals surface area contributed by atoms with Crippen LogP contribution in [-0.4, -0.2) is 18.1 Å². The summed E-state index contributed by atoms with van der Waals surface area (Å²) in [5, 5.41) is 3.25. The van der Waals surface area contributed by atoms with E-state index in [-0.39, 0.29) is 0 Å². The molecule has 2 heterocycles. The van der Waals surface area contributed by atoms with E-state index in [2.05, 4.69) is 23.3 Å². The molecule has 2 heteroatoms. The molecule has 1 fully saturated rings. The van der Waals surface area contributed by atoms with Crippen LogP contribution in [0.4, 0.5) is 0 Å². The van der Waals surface area contributed by atoms with Crippen LogP contribution < -0.4 is 5.32 Å². The SMILES string of the molecule is Cc1cncc(C2CNC2)c1. The fourth-order valence-corrected chi connectivity index (χ4v) is 1.33. The fraction of sp³-hybridized carbons (Fsp3) is 0.444. The second-order valence-electron chi connectivity index (χ2n) is 3.15. The number of pyridine rings is 1. The van der Waals surface area contributed by atoms with E-state index in [1.165, 1.54) is 11.1 Å². The summed E-state index contributed by atoms with van der Waals surface area (Å²) in [5.41, 5.74) is 2.64. The normalized spacial score (nSPS) is 17.9. The zero-order valence-corrected chi connectivity index (χ0v) is 6.67. The predicted molar refractivity (Wildman–Crippen MR) is 44.6 cm³/mol. The van der Waals surface area contributed by atoms with E-state index in [1.807, 2.05) is 12.4 Å². The van der Waals surface area contributed by atoms with Crippen LogP contribution in [0.25, 0.3) is 0 Å². The maximum absolute atomic E-state index is 4.16. The number of aryl methyl sites for hydroxylation is 1. The lowest BCUT2D eigenvalue weighted by Gasteiger charge is -2.27. The highest BCUT2D eigenvalue weighted by Crippen LogP contribution is 2.18. The van der Waals surface area contributed by atoms with E-state index in [0.29, 0.717) is 5.92 Å². The maximum atomic E-state index is 4.16. The standard InChI is InChI=1S/C9H12N2/c1-7-2-8(4-10-3-7)9-5-11-6-9/h2-4,9,11H,5-6H2,1H3. The molecule has 0 amide bonds. The molecular weight excluding hydrogens is 136 g/mol. The van der Waals surface area contributed by atoms with E-state index < -0.39 is 0 Å². The van der Waals surface area contributed by atoms with E-state index in [4.69, 9.17) is 0 Å². The quantitative estimate of drug-likeness (QED) is 0.644. The zero-order chi connectivity index (χ0) is 7.68. The van der Waals surface area contributed by atoms with Crippen LogP contribution in [0.2, 0.25) is 0 Å². The first kappa shape index (κ1) is 6.80. The highest BCUT2D eigenvalue weighted by molar-refractivity contribution is 5.23. The first-order valence-corrected chi connectivity index (χ1v) is 3.98. The second-order valence-corrected chi connectivity index (χ2v) is 3.15. The molecule has 1 aliphatic rings. The molecule has 0 atom stereocenters. The Hall–Kier alpha value is -0.890. The van der Waals surface area contributed by atoms with Crippen molar-refractivity contribution in [1.82, 2.24) is 10.3 Å². The maximum Gasteiger partial charge on any atom is 0.0303 e. The molecule has 1 aromatic rings. The second kappa shape index (κ2) is 2.62. The predicted octanol–water partition coefficient (Wildman–Crippen LogP) is 1.08. The van der Waals surface area contributed by atoms with Gasteiger partial charge in [-0.25, -0.2) is 0 Å². The Morgan fingerprint density at radius 2 is 2.27 bits per heavy atom. The van der Waals surface area contributed by atoms with Crippen LogP contribution in [-0.2, 0) is 0 Å². The lowest BCUT2D eigenvalue weighted by atomic mass is 9.95. The van der Waals surface area contributed by atoms with Crippen molar-refractivity contribution in [2.45, 2.75) is 12.8 Å². The Morgan fingerprint density at radius 3 is 2.82 bits per heavy atom. The third kappa shape index (κ3) is 1.26. The van der Waals surface area contributed by atoms with Gasteiger partial charge in [-0.1, -0.05) is 6.07 Å². The summed E-state index contributed by atoms with van der Waals surface area (Å²) >= 11 is 0. The van der Waals surface area contributed by atoms with Crippen LogP contribution >= 0.6 is 0 Å². The molecule has 0 radical (unpaired) electrons. The van der Waals surface area contributed by atoms with Gasteiger partial charge in [0.15, 0.2) is 0 Å². The van der Waals surface area contributed by atoms with Gasteiger partial charge in [-0.2, -0.15) is 0 Å². The largest absolute Gasteiger partial charge is 0.315 e. The van der Waals surface area contributed by atoms with Crippen LogP contribution in [0.3, 0.4) is 0 Å². The topological polar surface area (TPSA) is 24.9 Å². The molecule has 1 aromatic heterocycles. The Kier molecular flexibility index (Phi) is 1.62. The van der Waals surface area contributed by atoms with E-state index >= 15 is 0 Å². The smallest absolute Gasteiger partial charge is 0.0303 e. The summed E-state index contributed by atoms with van der Waals surface area (Å²) in [4.78, 5) is 4.16. The van der Waals surface area contributed by atoms with Crippen molar-refractivity contribution in [3.8, 4) is 0 Å². The first-order chi connectivity index (χ1) is 5.36. The van der Waals surface area contributed by atoms with Crippen molar-refractivity contribution in [3.63, 3.8) is 0 Å². The molecule has 2 nitrogen and oxygen atoms in total. The third-order valence-corrected chi connectivity index (χ3v) is 2.15. The lowest BCUT2D eigenvalue weighted by molar-refractivity contribution is 0.447. The summed E-state index contributed by atoms with van der Waals surface area (Å²) in [5.74, 6) is 0.711. The average Bonchev–Trinajstić information content (AvgIpc) is 1.83. The number of nitrogens with zero attached hydrogens (tertiary/aromatic N) is 1. The number of aromatic nitrogens is 1. The Balaban J connectivity index is 2.23. The molecule has 1 saturated heterocycles. The summed E-state index contributed by atoms with van der Waals surface area (Å²) < 4.78 is 0. The molecule has 0 aliphatic carbocycles. The summed E-state index contributed by atoms with van der Waals surface area (Å²) in [6.07, 6.45) is 3.87. The van der Waals surface area contributed by atoms with Crippen molar-refractivity contribution in [2.75, 3.05) is 13.1 Å². The molecule has 0 spiro atoms. The average molecular weight is 148 g/mol. The van der Waals surface area contributed by atoms with Crippen molar-refractivity contribution in [2.24, 2.45) is 0 Å². The zero-order valence-electron chi connectivity index (χ0n) is 6.67. The van der Waals surface area contributed by atoms with Crippen LogP contribution in [0.15, 0.2) is 18.5 Å².